The first-order chi connectivity index (χ1) is 8.76. The van der Waals surface area contributed by atoms with Crippen LogP contribution in [0.1, 0.15) is 30.6 Å². The minimum absolute atomic E-state index is 0.246. The van der Waals surface area contributed by atoms with Crippen LogP contribution in [0.4, 0.5) is 0 Å². The summed E-state index contributed by atoms with van der Waals surface area (Å²) in [5, 5.41) is 3.60. The standard InChI is InChI=1S/C13H18ClNO2S/c14-12-2-1-11(18-12)9-15-10-3-5-13(6-4-10)16-7-8-17-13/h1-2,10,15H,3-9H2. The van der Waals surface area contributed by atoms with Gasteiger partial charge in [-0.15, -0.1) is 11.3 Å². The van der Waals surface area contributed by atoms with E-state index in [9.17, 15) is 0 Å². The van der Waals surface area contributed by atoms with E-state index in [1.807, 2.05) is 6.07 Å². The summed E-state index contributed by atoms with van der Waals surface area (Å²) >= 11 is 7.57. The molecule has 0 amide bonds. The van der Waals surface area contributed by atoms with Gasteiger partial charge in [0.1, 0.15) is 0 Å². The minimum atomic E-state index is -0.246. The minimum Gasteiger partial charge on any atom is -0.348 e. The third-order valence-corrected chi connectivity index (χ3v) is 4.99. The van der Waals surface area contributed by atoms with Crippen LogP contribution in [-0.2, 0) is 16.0 Å². The lowest BCUT2D eigenvalue weighted by molar-refractivity contribution is -0.179. The predicted octanol–water partition coefficient (Wildman–Crippen LogP) is 3.18. The fourth-order valence-corrected chi connectivity index (χ4v) is 3.78. The van der Waals surface area contributed by atoms with Gasteiger partial charge in [0, 0.05) is 30.3 Å². The molecule has 5 heteroatoms. The van der Waals surface area contributed by atoms with E-state index >= 15 is 0 Å². The SMILES string of the molecule is Clc1ccc(CNC2CCC3(CC2)OCCO3)s1. The second kappa shape index (κ2) is 5.47. The summed E-state index contributed by atoms with van der Waals surface area (Å²) in [6.07, 6.45) is 4.27. The molecule has 1 saturated heterocycles. The smallest absolute Gasteiger partial charge is 0.168 e. The number of nitrogens with one attached hydrogen (secondary N) is 1. The Labute approximate surface area is 116 Å². The Morgan fingerprint density at radius 3 is 2.61 bits per heavy atom. The van der Waals surface area contributed by atoms with Crippen molar-refractivity contribution in [3.05, 3.63) is 21.3 Å². The van der Waals surface area contributed by atoms with Gasteiger partial charge in [-0.2, -0.15) is 0 Å². The average molecular weight is 288 g/mol. The van der Waals surface area contributed by atoms with Gasteiger partial charge in [-0.25, -0.2) is 0 Å². The van der Waals surface area contributed by atoms with Gasteiger partial charge in [0.25, 0.3) is 0 Å². The Kier molecular flexibility index (Phi) is 3.91. The van der Waals surface area contributed by atoms with E-state index in [1.54, 1.807) is 11.3 Å². The van der Waals surface area contributed by atoms with E-state index < -0.39 is 0 Å². The molecule has 100 valence electrons. The van der Waals surface area contributed by atoms with Gasteiger partial charge in [0.15, 0.2) is 5.79 Å². The molecule has 0 radical (unpaired) electrons. The molecule has 2 aliphatic rings. The van der Waals surface area contributed by atoms with Gasteiger partial charge in [0.05, 0.1) is 17.6 Å². The number of thiophene rings is 1. The highest BCUT2D eigenvalue weighted by atomic mass is 35.5. The number of rotatable bonds is 3. The summed E-state index contributed by atoms with van der Waals surface area (Å²) in [4.78, 5) is 1.30. The molecule has 18 heavy (non-hydrogen) atoms. The fraction of sp³-hybridized carbons (Fsp3) is 0.692. The van der Waals surface area contributed by atoms with Gasteiger partial charge in [-0.05, 0) is 25.0 Å². The molecule has 2 heterocycles. The van der Waals surface area contributed by atoms with Crippen LogP contribution >= 0.6 is 22.9 Å². The van der Waals surface area contributed by atoms with Crippen molar-refractivity contribution in [2.24, 2.45) is 0 Å². The van der Waals surface area contributed by atoms with Crippen LogP contribution in [0.5, 0.6) is 0 Å². The maximum Gasteiger partial charge on any atom is 0.168 e. The molecular weight excluding hydrogens is 270 g/mol. The summed E-state index contributed by atoms with van der Waals surface area (Å²) in [6, 6.07) is 4.62. The molecule has 0 bridgehead atoms. The zero-order valence-corrected chi connectivity index (χ0v) is 11.9. The third kappa shape index (κ3) is 2.89. The number of hydrogen-bond acceptors (Lipinski definition) is 4. The van der Waals surface area contributed by atoms with Crippen LogP contribution in [-0.4, -0.2) is 25.0 Å². The number of hydrogen-bond donors (Lipinski definition) is 1. The van der Waals surface area contributed by atoms with E-state index in [-0.39, 0.29) is 5.79 Å². The zero-order chi connectivity index (χ0) is 12.4. The lowest BCUT2D eigenvalue weighted by Gasteiger charge is -2.35. The molecule has 0 atom stereocenters. The van der Waals surface area contributed by atoms with E-state index in [0.717, 1.165) is 49.8 Å². The Morgan fingerprint density at radius 1 is 1.28 bits per heavy atom. The first kappa shape index (κ1) is 12.9. The molecule has 1 N–H and O–H groups in total. The Hall–Kier alpha value is -0.130. The molecule has 0 aromatic carbocycles. The van der Waals surface area contributed by atoms with Crippen molar-refractivity contribution in [1.29, 1.82) is 0 Å². The second-order valence-corrected chi connectivity index (χ2v) is 6.77. The molecule has 1 saturated carbocycles. The normalized spacial score (nSPS) is 23.8. The summed E-state index contributed by atoms with van der Waals surface area (Å²) in [6.45, 7) is 2.42. The molecule has 1 aromatic heterocycles. The molecule has 1 aromatic rings. The first-order valence-electron chi connectivity index (χ1n) is 6.51. The van der Waals surface area contributed by atoms with Crippen LogP contribution in [0.25, 0.3) is 0 Å². The monoisotopic (exact) mass is 287 g/mol. The quantitative estimate of drug-likeness (QED) is 0.926. The molecule has 3 nitrogen and oxygen atoms in total. The first-order valence-corrected chi connectivity index (χ1v) is 7.71. The molecule has 1 spiro atoms. The highest BCUT2D eigenvalue weighted by Crippen LogP contribution is 2.35. The van der Waals surface area contributed by atoms with E-state index in [2.05, 4.69) is 11.4 Å². The van der Waals surface area contributed by atoms with Crippen molar-refractivity contribution in [2.75, 3.05) is 13.2 Å². The van der Waals surface area contributed by atoms with Gasteiger partial charge >= 0.3 is 0 Å². The summed E-state index contributed by atoms with van der Waals surface area (Å²) < 4.78 is 12.3. The van der Waals surface area contributed by atoms with Crippen molar-refractivity contribution in [3.8, 4) is 0 Å². The molecular formula is C13H18ClNO2S. The van der Waals surface area contributed by atoms with Crippen molar-refractivity contribution in [3.63, 3.8) is 0 Å². The van der Waals surface area contributed by atoms with Gasteiger partial charge < -0.3 is 14.8 Å². The van der Waals surface area contributed by atoms with E-state index in [1.165, 1.54) is 4.88 Å². The Bertz CT molecular complexity index is 393. The molecule has 0 unspecified atom stereocenters. The van der Waals surface area contributed by atoms with Crippen LogP contribution < -0.4 is 5.32 Å². The molecule has 2 fully saturated rings. The number of halogens is 1. The lowest BCUT2D eigenvalue weighted by Crippen LogP contribution is -2.41. The van der Waals surface area contributed by atoms with Crippen LogP contribution in [0, 0.1) is 0 Å². The van der Waals surface area contributed by atoms with Crippen LogP contribution in [0.2, 0.25) is 4.34 Å². The van der Waals surface area contributed by atoms with Crippen LogP contribution in [0.15, 0.2) is 12.1 Å². The van der Waals surface area contributed by atoms with E-state index in [4.69, 9.17) is 21.1 Å². The molecule has 1 aliphatic carbocycles. The van der Waals surface area contributed by atoms with Gasteiger partial charge in [0.2, 0.25) is 0 Å². The maximum absolute atomic E-state index is 5.92. The summed E-state index contributed by atoms with van der Waals surface area (Å²) in [5.74, 6) is -0.246. The van der Waals surface area contributed by atoms with Crippen molar-refractivity contribution < 1.29 is 9.47 Å². The van der Waals surface area contributed by atoms with Crippen LogP contribution in [0.3, 0.4) is 0 Å². The summed E-state index contributed by atoms with van der Waals surface area (Å²) in [7, 11) is 0. The Balaban J connectivity index is 1.45. The lowest BCUT2D eigenvalue weighted by atomic mass is 9.90. The fourth-order valence-electron chi connectivity index (χ4n) is 2.74. The number of ether oxygens (including phenoxy) is 2. The highest BCUT2D eigenvalue weighted by molar-refractivity contribution is 7.16. The second-order valence-electron chi connectivity index (χ2n) is 4.97. The summed E-state index contributed by atoms with van der Waals surface area (Å²) in [5.41, 5.74) is 0. The van der Waals surface area contributed by atoms with E-state index in [0.29, 0.717) is 6.04 Å². The topological polar surface area (TPSA) is 30.5 Å². The maximum atomic E-state index is 5.92. The van der Waals surface area contributed by atoms with Crippen molar-refractivity contribution >= 4 is 22.9 Å². The highest BCUT2D eigenvalue weighted by Gasteiger charge is 2.40. The van der Waals surface area contributed by atoms with Crippen molar-refractivity contribution in [2.45, 2.75) is 44.1 Å². The van der Waals surface area contributed by atoms with Gasteiger partial charge in [-0.1, -0.05) is 11.6 Å². The molecule has 3 rings (SSSR count). The third-order valence-electron chi connectivity index (χ3n) is 3.75. The van der Waals surface area contributed by atoms with Gasteiger partial charge in [-0.3, -0.25) is 0 Å². The zero-order valence-electron chi connectivity index (χ0n) is 10.3. The predicted molar refractivity (Wildman–Crippen MR) is 73.1 cm³/mol. The Morgan fingerprint density at radius 2 is 2.00 bits per heavy atom. The largest absolute Gasteiger partial charge is 0.348 e. The average Bonchev–Trinajstić information content (AvgIpc) is 2.99. The van der Waals surface area contributed by atoms with Crippen molar-refractivity contribution in [1.82, 2.24) is 5.32 Å². The molecule has 1 aliphatic heterocycles.